The molecule has 0 saturated carbocycles. The summed E-state index contributed by atoms with van der Waals surface area (Å²) in [5.74, 6) is 0.586. The van der Waals surface area contributed by atoms with Crippen LogP contribution in [0.3, 0.4) is 0 Å². The van der Waals surface area contributed by atoms with Gasteiger partial charge in [-0.2, -0.15) is 0 Å². The van der Waals surface area contributed by atoms with Crippen molar-refractivity contribution in [2.45, 2.75) is 19.4 Å². The summed E-state index contributed by atoms with van der Waals surface area (Å²) in [6.45, 7) is 2.74. The van der Waals surface area contributed by atoms with Gasteiger partial charge in [0.1, 0.15) is 17.4 Å². The van der Waals surface area contributed by atoms with Gasteiger partial charge in [-0.1, -0.05) is 0 Å². The molecule has 0 spiro atoms. The van der Waals surface area contributed by atoms with Crippen LogP contribution in [0.1, 0.15) is 13.3 Å². The minimum absolute atomic E-state index is 0.0259. The number of nitrogens with zero attached hydrogens (tertiary/aromatic N) is 1. The van der Waals surface area contributed by atoms with Crippen molar-refractivity contribution >= 4 is 26.6 Å². The average molecular weight is 417 g/mol. The Labute approximate surface area is 168 Å². The largest absolute Gasteiger partial charge is 0.487 e. The van der Waals surface area contributed by atoms with Crippen molar-refractivity contribution in [2.75, 3.05) is 23.7 Å². The first kappa shape index (κ1) is 19.5. The second-order valence-corrected chi connectivity index (χ2v) is 9.06. The highest BCUT2D eigenvalue weighted by Crippen LogP contribution is 2.37. The third kappa shape index (κ3) is 3.88. The van der Waals surface area contributed by atoms with Gasteiger partial charge in [0.05, 0.1) is 19.0 Å². The van der Waals surface area contributed by atoms with Gasteiger partial charge in [0.2, 0.25) is 10.0 Å². The molecule has 0 radical (unpaired) electrons. The van der Waals surface area contributed by atoms with Crippen LogP contribution in [-0.4, -0.2) is 43.0 Å². The summed E-state index contributed by atoms with van der Waals surface area (Å²) < 4.78 is 39.7. The summed E-state index contributed by atoms with van der Waals surface area (Å²) in [5, 5.41) is 0.746. The molecule has 2 N–H and O–H groups in total. The smallest absolute Gasteiger partial charge is 0.274 e. The number of nitrogens with one attached hydrogen (secondary N) is 2. The number of H-pyrrole nitrogens is 1. The molecule has 3 aromatic rings. The van der Waals surface area contributed by atoms with Crippen LogP contribution in [0.15, 0.2) is 41.5 Å². The lowest BCUT2D eigenvalue weighted by Crippen LogP contribution is -2.18. The number of hydrogen-bond donors (Lipinski definition) is 2. The Morgan fingerprint density at radius 1 is 1.31 bits per heavy atom. The Morgan fingerprint density at radius 2 is 2.14 bits per heavy atom. The molecule has 1 atom stereocenters. The molecule has 1 fully saturated rings. The zero-order valence-corrected chi connectivity index (χ0v) is 17.1. The molecule has 8 nitrogen and oxygen atoms in total. The van der Waals surface area contributed by atoms with Gasteiger partial charge in [0, 0.05) is 48.1 Å². The van der Waals surface area contributed by atoms with Gasteiger partial charge in [-0.15, -0.1) is 0 Å². The fourth-order valence-electron chi connectivity index (χ4n) is 3.43. The van der Waals surface area contributed by atoms with E-state index in [4.69, 9.17) is 9.47 Å². The van der Waals surface area contributed by atoms with E-state index in [2.05, 4.69) is 9.71 Å². The van der Waals surface area contributed by atoms with Crippen molar-refractivity contribution in [1.29, 1.82) is 0 Å². The number of sulfonamides is 1. The monoisotopic (exact) mass is 417 g/mol. The molecule has 29 heavy (non-hydrogen) atoms. The van der Waals surface area contributed by atoms with Crippen molar-refractivity contribution < 1.29 is 17.9 Å². The van der Waals surface area contributed by atoms with Crippen LogP contribution in [0.4, 0.5) is 5.69 Å². The van der Waals surface area contributed by atoms with Gasteiger partial charge in [-0.05, 0) is 31.2 Å². The first-order valence-electron chi connectivity index (χ1n) is 9.44. The number of hydrogen-bond acceptors (Lipinski definition) is 5. The Kier molecular flexibility index (Phi) is 5.10. The highest BCUT2D eigenvalue weighted by molar-refractivity contribution is 7.92. The van der Waals surface area contributed by atoms with E-state index >= 15 is 0 Å². The van der Waals surface area contributed by atoms with Crippen LogP contribution in [0.5, 0.6) is 5.75 Å². The molecule has 0 amide bonds. The van der Waals surface area contributed by atoms with Crippen molar-refractivity contribution in [3.8, 4) is 16.9 Å². The molecule has 1 unspecified atom stereocenters. The lowest BCUT2D eigenvalue weighted by molar-refractivity contribution is 0.142. The Hall–Kier alpha value is -2.78. The molecule has 0 aliphatic carbocycles. The highest BCUT2D eigenvalue weighted by Gasteiger charge is 2.21. The number of anilines is 1. The molecule has 9 heteroatoms. The first-order valence-corrected chi connectivity index (χ1v) is 11.1. The second kappa shape index (κ2) is 7.57. The maximum atomic E-state index is 12.4. The first-order chi connectivity index (χ1) is 13.9. The van der Waals surface area contributed by atoms with Gasteiger partial charge in [-0.3, -0.25) is 9.52 Å². The van der Waals surface area contributed by atoms with Gasteiger partial charge >= 0.3 is 0 Å². The Balaban J connectivity index is 1.88. The molecule has 0 bridgehead atoms. The molecule has 1 aliphatic heterocycles. The van der Waals surface area contributed by atoms with Crippen LogP contribution in [0.2, 0.25) is 0 Å². The van der Waals surface area contributed by atoms with Crippen molar-refractivity contribution in [1.82, 2.24) is 9.55 Å². The van der Waals surface area contributed by atoms with E-state index in [0.717, 1.165) is 17.4 Å². The SMILES string of the molecule is CCS(=O)(=O)Nc1ccc(OC2CCOC2)c(-c2cn(C)c(=O)c3[nH]ccc23)c1. The predicted molar refractivity (Wildman–Crippen MR) is 112 cm³/mol. The third-order valence-corrected chi connectivity index (χ3v) is 6.31. The van der Waals surface area contributed by atoms with E-state index < -0.39 is 10.0 Å². The van der Waals surface area contributed by atoms with Crippen LogP contribution in [0.25, 0.3) is 22.0 Å². The summed E-state index contributed by atoms with van der Waals surface area (Å²) in [7, 11) is -1.74. The minimum Gasteiger partial charge on any atom is -0.487 e. The lowest BCUT2D eigenvalue weighted by atomic mass is 10.0. The fraction of sp³-hybridized carbons (Fsp3) is 0.350. The summed E-state index contributed by atoms with van der Waals surface area (Å²) in [5.41, 5.74) is 2.26. The quantitative estimate of drug-likeness (QED) is 0.641. The molecule has 4 rings (SSSR count). The highest BCUT2D eigenvalue weighted by atomic mass is 32.2. The van der Waals surface area contributed by atoms with Crippen LogP contribution >= 0.6 is 0 Å². The second-order valence-electron chi connectivity index (χ2n) is 7.05. The van der Waals surface area contributed by atoms with Gasteiger partial charge in [0.15, 0.2) is 0 Å². The minimum atomic E-state index is -3.43. The predicted octanol–water partition coefficient (Wildman–Crippen LogP) is 2.46. The molecule has 1 aromatic carbocycles. The van der Waals surface area contributed by atoms with Gasteiger partial charge in [0.25, 0.3) is 5.56 Å². The van der Waals surface area contributed by atoms with Gasteiger partial charge < -0.3 is 19.0 Å². The van der Waals surface area contributed by atoms with E-state index in [1.807, 2.05) is 6.07 Å². The van der Waals surface area contributed by atoms with E-state index in [9.17, 15) is 13.2 Å². The Bertz CT molecular complexity index is 1210. The number of aromatic nitrogens is 2. The number of pyridine rings is 1. The summed E-state index contributed by atoms with van der Waals surface area (Å²) in [4.78, 5) is 15.4. The number of benzene rings is 1. The number of aromatic amines is 1. The van der Waals surface area contributed by atoms with Crippen LogP contribution < -0.4 is 15.0 Å². The van der Waals surface area contributed by atoms with E-state index in [-0.39, 0.29) is 17.4 Å². The van der Waals surface area contributed by atoms with Crippen molar-refractivity contribution in [3.63, 3.8) is 0 Å². The summed E-state index contributed by atoms with van der Waals surface area (Å²) >= 11 is 0. The van der Waals surface area contributed by atoms with E-state index in [1.54, 1.807) is 44.6 Å². The molecule has 2 aromatic heterocycles. The van der Waals surface area contributed by atoms with Crippen LogP contribution in [0, 0.1) is 0 Å². The van der Waals surface area contributed by atoms with Crippen molar-refractivity contribution in [2.24, 2.45) is 7.05 Å². The molecular formula is C20H23N3O5S. The maximum Gasteiger partial charge on any atom is 0.274 e. The molecule has 1 aliphatic rings. The standard InChI is InChI=1S/C20H23N3O5S/c1-3-29(25,26)22-13-4-5-18(28-14-7-9-27-12-14)16(10-13)17-11-23(2)20(24)19-15(17)6-8-21-19/h4-6,8,10-11,14,21-22H,3,7,9,12H2,1-2H3. The molecule has 1 saturated heterocycles. The lowest BCUT2D eigenvalue weighted by Gasteiger charge is -2.18. The van der Waals surface area contributed by atoms with Gasteiger partial charge in [-0.25, -0.2) is 8.42 Å². The Morgan fingerprint density at radius 3 is 2.86 bits per heavy atom. The zero-order chi connectivity index (χ0) is 20.6. The molecular weight excluding hydrogens is 394 g/mol. The number of aryl methyl sites for hydroxylation is 1. The third-order valence-electron chi connectivity index (χ3n) is 5.00. The average Bonchev–Trinajstić information content (AvgIpc) is 3.38. The van der Waals surface area contributed by atoms with E-state index in [1.165, 1.54) is 4.57 Å². The van der Waals surface area contributed by atoms with Crippen molar-refractivity contribution in [3.05, 3.63) is 47.0 Å². The van der Waals surface area contributed by atoms with E-state index in [0.29, 0.717) is 35.7 Å². The molecule has 3 heterocycles. The normalized spacial score (nSPS) is 17.0. The number of ether oxygens (including phenoxy) is 2. The molecule has 154 valence electrons. The zero-order valence-electron chi connectivity index (χ0n) is 16.3. The summed E-state index contributed by atoms with van der Waals surface area (Å²) in [6, 6.07) is 7.00. The fourth-order valence-corrected chi connectivity index (χ4v) is 4.06. The maximum absolute atomic E-state index is 12.4. The topological polar surface area (TPSA) is 102 Å². The number of rotatable bonds is 6. The van der Waals surface area contributed by atoms with Crippen LogP contribution in [-0.2, 0) is 21.8 Å². The summed E-state index contributed by atoms with van der Waals surface area (Å²) in [6.07, 6.45) is 4.17. The number of fused-ring (bicyclic) bond motifs is 1.